The minimum Gasteiger partial charge on any atom is -0.464 e. The van der Waals surface area contributed by atoms with Crippen molar-refractivity contribution in [3.63, 3.8) is 0 Å². The van der Waals surface area contributed by atoms with Gasteiger partial charge >= 0.3 is 0 Å². The predicted molar refractivity (Wildman–Crippen MR) is 79.6 cm³/mol. The zero-order chi connectivity index (χ0) is 14.4. The number of rotatable bonds is 7. The molecule has 2 rings (SSSR count). The molecule has 1 N–H and O–H groups in total. The van der Waals surface area contributed by atoms with Gasteiger partial charge in [-0.2, -0.15) is 5.10 Å². The van der Waals surface area contributed by atoms with Gasteiger partial charge in [-0.3, -0.25) is 0 Å². The first-order valence-corrected chi connectivity index (χ1v) is 6.99. The molecule has 0 bridgehead atoms. The lowest BCUT2D eigenvalue weighted by Crippen LogP contribution is -2.19. The fraction of sp³-hybridized carbons (Fsp3) is 0.467. The maximum Gasteiger partial charge on any atom is 0.151 e. The predicted octanol–water partition coefficient (Wildman–Crippen LogP) is 2.51. The van der Waals surface area contributed by atoms with Crippen molar-refractivity contribution < 1.29 is 4.42 Å². The molecule has 2 aromatic heterocycles. The van der Waals surface area contributed by atoms with E-state index in [1.165, 1.54) is 0 Å². The van der Waals surface area contributed by atoms with Crippen LogP contribution in [0.25, 0.3) is 0 Å². The lowest BCUT2D eigenvalue weighted by molar-refractivity contribution is 0.481. The van der Waals surface area contributed by atoms with Crippen LogP contribution in [0.15, 0.2) is 28.7 Å². The molecular weight excluding hydrogens is 252 g/mol. The molecule has 2 heterocycles. The Kier molecular flexibility index (Phi) is 5.12. The Labute approximate surface area is 120 Å². The van der Waals surface area contributed by atoms with E-state index in [2.05, 4.69) is 22.4 Å². The molecule has 0 aromatic carbocycles. The number of aryl methyl sites for hydroxylation is 1. The van der Waals surface area contributed by atoms with E-state index in [-0.39, 0.29) is 0 Å². The molecule has 5 heteroatoms. The number of anilines is 1. The Morgan fingerprint density at radius 2 is 2.05 bits per heavy atom. The molecule has 0 atom stereocenters. The van der Waals surface area contributed by atoms with E-state index >= 15 is 0 Å². The first-order valence-electron chi connectivity index (χ1n) is 6.99. The van der Waals surface area contributed by atoms with E-state index in [0.29, 0.717) is 6.54 Å². The van der Waals surface area contributed by atoms with Crippen LogP contribution in [0.2, 0.25) is 0 Å². The van der Waals surface area contributed by atoms with Gasteiger partial charge in [-0.25, -0.2) is 0 Å². The van der Waals surface area contributed by atoms with Crippen molar-refractivity contribution in [2.24, 2.45) is 0 Å². The van der Waals surface area contributed by atoms with Crippen molar-refractivity contribution in [2.45, 2.75) is 33.4 Å². The van der Waals surface area contributed by atoms with E-state index < -0.39 is 0 Å². The fourth-order valence-electron chi connectivity index (χ4n) is 1.93. The Hall–Kier alpha value is -1.88. The molecule has 108 valence electrons. The van der Waals surface area contributed by atoms with Gasteiger partial charge in [-0.1, -0.05) is 6.92 Å². The molecule has 20 heavy (non-hydrogen) atoms. The number of hydrogen-bond donors (Lipinski definition) is 1. The SMILES string of the molecule is CCCNCc1ccc(N(C)Cc2ccc(C)o2)nn1. The molecule has 0 aliphatic rings. The van der Waals surface area contributed by atoms with Crippen LogP contribution in [0.4, 0.5) is 5.82 Å². The van der Waals surface area contributed by atoms with Crippen LogP contribution in [0.5, 0.6) is 0 Å². The van der Waals surface area contributed by atoms with E-state index in [1.807, 2.05) is 43.1 Å². The molecule has 0 fully saturated rings. The monoisotopic (exact) mass is 274 g/mol. The van der Waals surface area contributed by atoms with Gasteiger partial charge in [0, 0.05) is 13.6 Å². The summed E-state index contributed by atoms with van der Waals surface area (Å²) in [5.41, 5.74) is 0.962. The Balaban J connectivity index is 1.91. The highest BCUT2D eigenvalue weighted by atomic mass is 16.3. The summed E-state index contributed by atoms with van der Waals surface area (Å²) in [6.45, 7) is 6.55. The summed E-state index contributed by atoms with van der Waals surface area (Å²) in [5, 5.41) is 11.8. The Morgan fingerprint density at radius 1 is 1.20 bits per heavy atom. The van der Waals surface area contributed by atoms with E-state index in [1.54, 1.807) is 0 Å². The number of aromatic nitrogens is 2. The van der Waals surface area contributed by atoms with Gasteiger partial charge in [0.2, 0.25) is 0 Å². The van der Waals surface area contributed by atoms with Crippen LogP contribution in [-0.4, -0.2) is 23.8 Å². The first-order chi connectivity index (χ1) is 9.69. The maximum atomic E-state index is 5.56. The number of hydrogen-bond acceptors (Lipinski definition) is 5. The molecule has 0 aliphatic heterocycles. The highest BCUT2D eigenvalue weighted by molar-refractivity contribution is 5.36. The molecule has 0 unspecified atom stereocenters. The largest absolute Gasteiger partial charge is 0.464 e. The molecule has 0 spiro atoms. The number of furan rings is 1. The second kappa shape index (κ2) is 7.05. The Bertz CT molecular complexity index is 521. The van der Waals surface area contributed by atoms with Gasteiger partial charge in [0.25, 0.3) is 0 Å². The molecule has 0 saturated heterocycles. The zero-order valence-electron chi connectivity index (χ0n) is 12.4. The minimum absolute atomic E-state index is 0.690. The lowest BCUT2D eigenvalue weighted by Gasteiger charge is -2.16. The summed E-state index contributed by atoms with van der Waals surface area (Å²) in [4.78, 5) is 2.02. The quantitative estimate of drug-likeness (QED) is 0.786. The van der Waals surface area contributed by atoms with Crippen LogP contribution < -0.4 is 10.2 Å². The average molecular weight is 274 g/mol. The van der Waals surface area contributed by atoms with E-state index in [4.69, 9.17) is 4.42 Å². The van der Waals surface area contributed by atoms with Crippen LogP contribution in [0.3, 0.4) is 0 Å². The second-order valence-electron chi connectivity index (χ2n) is 4.93. The number of nitrogens with one attached hydrogen (secondary N) is 1. The fourth-order valence-corrected chi connectivity index (χ4v) is 1.93. The standard InChI is InChI=1S/C15H22N4O/c1-4-9-16-10-13-6-8-15(18-17-13)19(3)11-14-7-5-12(2)20-14/h5-8,16H,4,9-11H2,1-3H3. The van der Waals surface area contributed by atoms with Gasteiger partial charge in [0.05, 0.1) is 12.2 Å². The van der Waals surface area contributed by atoms with Gasteiger partial charge in [0.1, 0.15) is 11.5 Å². The smallest absolute Gasteiger partial charge is 0.151 e. The third-order valence-corrected chi connectivity index (χ3v) is 3.02. The van der Waals surface area contributed by atoms with Crippen molar-refractivity contribution in [3.8, 4) is 0 Å². The van der Waals surface area contributed by atoms with Crippen molar-refractivity contribution in [3.05, 3.63) is 41.5 Å². The summed E-state index contributed by atoms with van der Waals surface area (Å²) >= 11 is 0. The lowest BCUT2D eigenvalue weighted by atomic mass is 10.3. The molecular formula is C15H22N4O. The van der Waals surface area contributed by atoms with Crippen molar-refractivity contribution >= 4 is 5.82 Å². The zero-order valence-corrected chi connectivity index (χ0v) is 12.4. The van der Waals surface area contributed by atoms with Gasteiger partial charge in [-0.15, -0.1) is 5.10 Å². The van der Waals surface area contributed by atoms with Crippen molar-refractivity contribution in [2.75, 3.05) is 18.5 Å². The third-order valence-electron chi connectivity index (χ3n) is 3.02. The Morgan fingerprint density at radius 3 is 2.65 bits per heavy atom. The van der Waals surface area contributed by atoms with Gasteiger partial charge < -0.3 is 14.6 Å². The molecule has 5 nitrogen and oxygen atoms in total. The first kappa shape index (κ1) is 14.5. The van der Waals surface area contributed by atoms with Crippen LogP contribution in [0, 0.1) is 6.92 Å². The van der Waals surface area contributed by atoms with Gasteiger partial charge in [0.15, 0.2) is 5.82 Å². The summed E-state index contributed by atoms with van der Waals surface area (Å²) in [7, 11) is 1.98. The number of nitrogens with zero attached hydrogens (tertiary/aromatic N) is 3. The highest BCUT2D eigenvalue weighted by Gasteiger charge is 2.07. The second-order valence-corrected chi connectivity index (χ2v) is 4.93. The van der Waals surface area contributed by atoms with E-state index in [0.717, 1.165) is 42.5 Å². The highest BCUT2D eigenvalue weighted by Crippen LogP contribution is 2.14. The van der Waals surface area contributed by atoms with Crippen LogP contribution in [-0.2, 0) is 13.1 Å². The van der Waals surface area contributed by atoms with Crippen molar-refractivity contribution in [1.82, 2.24) is 15.5 Å². The normalized spacial score (nSPS) is 10.8. The third kappa shape index (κ3) is 4.06. The van der Waals surface area contributed by atoms with Crippen LogP contribution in [0.1, 0.15) is 30.6 Å². The van der Waals surface area contributed by atoms with Crippen molar-refractivity contribution in [1.29, 1.82) is 0 Å². The summed E-state index contributed by atoms with van der Waals surface area (Å²) < 4.78 is 5.56. The summed E-state index contributed by atoms with van der Waals surface area (Å²) in [6, 6.07) is 7.96. The average Bonchev–Trinajstić information content (AvgIpc) is 2.85. The minimum atomic E-state index is 0.690. The van der Waals surface area contributed by atoms with Gasteiger partial charge in [-0.05, 0) is 44.2 Å². The molecule has 0 amide bonds. The molecule has 0 radical (unpaired) electrons. The van der Waals surface area contributed by atoms with Crippen LogP contribution >= 0.6 is 0 Å². The molecule has 2 aromatic rings. The summed E-state index contributed by atoms with van der Waals surface area (Å²) in [6.07, 6.45) is 1.12. The molecule has 0 aliphatic carbocycles. The van der Waals surface area contributed by atoms with E-state index in [9.17, 15) is 0 Å². The molecule has 0 saturated carbocycles. The topological polar surface area (TPSA) is 54.2 Å². The maximum absolute atomic E-state index is 5.56. The summed E-state index contributed by atoms with van der Waals surface area (Å²) in [5.74, 6) is 2.70.